The Hall–Kier alpha value is -2.04. The molecule has 5 heteroatoms. The van der Waals surface area contributed by atoms with E-state index in [9.17, 15) is 14.7 Å². The van der Waals surface area contributed by atoms with Crippen molar-refractivity contribution in [3.63, 3.8) is 0 Å². The molecule has 1 aliphatic heterocycles. The lowest BCUT2D eigenvalue weighted by molar-refractivity contribution is -0.139. The maximum atomic E-state index is 11.9. The number of para-hydroxylation sites is 1. The zero-order chi connectivity index (χ0) is 14.0. The van der Waals surface area contributed by atoms with Gasteiger partial charge in [0, 0.05) is 6.42 Å². The molecule has 1 unspecified atom stereocenters. The van der Waals surface area contributed by atoms with Crippen molar-refractivity contribution in [2.24, 2.45) is 0 Å². The Bertz CT molecular complexity index is 498. The first kappa shape index (κ1) is 13.4. The van der Waals surface area contributed by atoms with E-state index >= 15 is 0 Å². The molecule has 5 nitrogen and oxygen atoms in total. The van der Waals surface area contributed by atoms with Crippen LogP contribution in [0.1, 0.15) is 31.7 Å². The number of anilines is 1. The first-order valence-electron chi connectivity index (χ1n) is 6.30. The van der Waals surface area contributed by atoms with Gasteiger partial charge in [0.2, 0.25) is 0 Å². The lowest BCUT2D eigenvalue weighted by atomic mass is 9.99. The van der Waals surface area contributed by atoms with Crippen molar-refractivity contribution in [1.29, 1.82) is 0 Å². The second kappa shape index (κ2) is 5.30. The van der Waals surface area contributed by atoms with Crippen LogP contribution in [0.5, 0.6) is 0 Å². The third-order valence-corrected chi connectivity index (χ3v) is 3.23. The number of rotatable bonds is 3. The van der Waals surface area contributed by atoms with Gasteiger partial charge in [-0.1, -0.05) is 32.0 Å². The number of cyclic esters (lactones) is 1. The third kappa shape index (κ3) is 2.54. The van der Waals surface area contributed by atoms with Crippen LogP contribution < -0.4 is 4.90 Å². The fourth-order valence-electron chi connectivity index (χ4n) is 2.28. The number of carbonyl (C=O) groups is 2. The molecule has 0 radical (unpaired) electrons. The molecule has 1 N–H and O–H groups in total. The van der Waals surface area contributed by atoms with E-state index in [2.05, 4.69) is 0 Å². The topological polar surface area (TPSA) is 66.8 Å². The van der Waals surface area contributed by atoms with Crippen molar-refractivity contribution in [3.8, 4) is 0 Å². The van der Waals surface area contributed by atoms with E-state index in [-0.39, 0.29) is 12.5 Å². The van der Waals surface area contributed by atoms with Crippen LogP contribution in [-0.4, -0.2) is 29.8 Å². The predicted octanol–water partition coefficient (Wildman–Crippen LogP) is 2.61. The number of aliphatic carboxylic acids is 1. The van der Waals surface area contributed by atoms with Crippen LogP contribution in [0, 0.1) is 0 Å². The van der Waals surface area contributed by atoms with Gasteiger partial charge in [-0.3, -0.25) is 4.90 Å². The highest BCUT2D eigenvalue weighted by Gasteiger charge is 2.37. The molecular formula is C14H17NO4. The Labute approximate surface area is 111 Å². The minimum absolute atomic E-state index is 0.149. The molecule has 1 heterocycles. The molecule has 1 atom stereocenters. The first-order chi connectivity index (χ1) is 9.02. The van der Waals surface area contributed by atoms with Gasteiger partial charge in [-0.25, -0.2) is 9.59 Å². The Morgan fingerprint density at radius 2 is 2.11 bits per heavy atom. The summed E-state index contributed by atoms with van der Waals surface area (Å²) < 4.78 is 4.98. The molecule has 19 heavy (non-hydrogen) atoms. The normalized spacial score (nSPS) is 19.4. The highest BCUT2D eigenvalue weighted by atomic mass is 16.6. The van der Waals surface area contributed by atoms with Gasteiger partial charge in [-0.05, 0) is 17.5 Å². The molecule has 0 spiro atoms. The number of carbonyl (C=O) groups excluding carboxylic acids is 1. The minimum Gasteiger partial charge on any atom is -0.480 e. The fourth-order valence-corrected chi connectivity index (χ4v) is 2.28. The number of nitrogens with zero attached hydrogens (tertiary/aromatic N) is 1. The summed E-state index contributed by atoms with van der Waals surface area (Å²) in [4.78, 5) is 24.5. The van der Waals surface area contributed by atoms with Crippen molar-refractivity contribution in [1.82, 2.24) is 0 Å². The van der Waals surface area contributed by atoms with E-state index in [0.29, 0.717) is 12.1 Å². The molecule has 1 aromatic carbocycles. The van der Waals surface area contributed by atoms with Crippen molar-refractivity contribution in [3.05, 3.63) is 29.8 Å². The SMILES string of the molecule is CC(C)c1ccccc1N1C(=O)OCCC1C(=O)O. The third-order valence-electron chi connectivity index (χ3n) is 3.23. The van der Waals surface area contributed by atoms with Crippen LogP contribution in [0.2, 0.25) is 0 Å². The molecule has 1 aliphatic rings. The van der Waals surface area contributed by atoms with Gasteiger partial charge in [0.05, 0.1) is 12.3 Å². The molecule has 1 fully saturated rings. The van der Waals surface area contributed by atoms with E-state index < -0.39 is 18.1 Å². The molecule has 102 valence electrons. The Morgan fingerprint density at radius 3 is 2.74 bits per heavy atom. The fraction of sp³-hybridized carbons (Fsp3) is 0.429. The highest BCUT2D eigenvalue weighted by Crippen LogP contribution is 2.31. The zero-order valence-corrected chi connectivity index (χ0v) is 11.0. The average Bonchev–Trinajstić information content (AvgIpc) is 2.38. The summed E-state index contributed by atoms with van der Waals surface area (Å²) in [5.74, 6) is -0.810. The Morgan fingerprint density at radius 1 is 1.42 bits per heavy atom. The lowest BCUT2D eigenvalue weighted by Crippen LogP contribution is -2.50. The standard InChI is InChI=1S/C14H17NO4/c1-9(2)10-5-3-4-6-11(10)15-12(13(16)17)7-8-19-14(15)18/h3-6,9,12H,7-8H2,1-2H3,(H,16,17). The predicted molar refractivity (Wildman–Crippen MR) is 70.4 cm³/mol. The summed E-state index contributed by atoms with van der Waals surface area (Å²) in [6.45, 7) is 4.16. The van der Waals surface area contributed by atoms with Crippen LogP contribution in [-0.2, 0) is 9.53 Å². The molecule has 1 amide bonds. The average molecular weight is 263 g/mol. The van der Waals surface area contributed by atoms with Crippen molar-refractivity contribution >= 4 is 17.7 Å². The van der Waals surface area contributed by atoms with Gasteiger partial charge in [0.15, 0.2) is 0 Å². The van der Waals surface area contributed by atoms with Crippen LogP contribution in [0.3, 0.4) is 0 Å². The molecule has 0 bridgehead atoms. The molecule has 2 rings (SSSR count). The summed E-state index contributed by atoms with van der Waals surface area (Å²) >= 11 is 0. The van der Waals surface area contributed by atoms with Crippen LogP contribution in [0.15, 0.2) is 24.3 Å². The number of carboxylic acids is 1. The number of benzene rings is 1. The summed E-state index contributed by atoms with van der Waals surface area (Å²) in [6, 6.07) is 6.48. The largest absolute Gasteiger partial charge is 0.480 e. The Kier molecular flexibility index (Phi) is 3.74. The minimum atomic E-state index is -1.00. The lowest BCUT2D eigenvalue weighted by Gasteiger charge is -2.34. The van der Waals surface area contributed by atoms with Gasteiger partial charge < -0.3 is 9.84 Å². The smallest absolute Gasteiger partial charge is 0.415 e. The summed E-state index contributed by atoms with van der Waals surface area (Å²) in [7, 11) is 0. The molecular weight excluding hydrogens is 246 g/mol. The van der Waals surface area contributed by atoms with Crippen LogP contribution >= 0.6 is 0 Å². The van der Waals surface area contributed by atoms with Crippen molar-refractivity contribution in [2.75, 3.05) is 11.5 Å². The van der Waals surface area contributed by atoms with Crippen LogP contribution in [0.4, 0.5) is 10.5 Å². The van der Waals surface area contributed by atoms with E-state index in [1.54, 1.807) is 12.1 Å². The number of amides is 1. The van der Waals surface area contributed by atoms with E-state index in [1.807, 2.05) is 26.0 Å². The molecule has 0 saturated carbocycles. The maximum absolute atomic E-state index is 11.9. The van der Waals surface area contributed by atoms with Crippen LogP contribution in [0.25, 0.3) is 0 Å². The summed E-state index contributed by atoms with van der Waals surface area (Å²) in [6.07, 6.45) is -0.292. The quantitative estimate of drug-likeness (QED) is 0.910. The molecule has 0 aromatic heterocycles. The maximum Gasteiger partial charge on any atom is 0.415 e. The number of ether oxygens (including phenoxy) is 1. The monoisotopic (exact) mass is 263 g/mol. The van der Waals surface area contributed by atoms with Gasteiger partial charge in [-0.2, -0.15) is 0 Å². The van der Waals surface area contributed by atoms with Crippen molar-refractivity contribution in [2.45, 2.75) is 32.2 Å². The second-order valence-corrected chi connectivity index (χ2v) is 4.84. The molecule has 1 aromatic rings. The summed E-state index contributed by atoms with van der Waals surface area (Å²) in [5, 5.41) is 9.27. The van der Waals surface area contributed by atoms with E-state index in [4.69, 9.17) is 4.74 Å². The first-order valence-corrected chi connectivity index (χ1v) is 6.30. The second-order valence-electron chi connectivity index (χ2n) is 4.84. The van der Waals surface area contributed by atoms with E-state index in [1.165, 1.54) is 4.90 Å². The highest BCUT2D eigenvalue weighted by molar-refractivity contribution is 5.96. The Balaban J connectivity index is 2.47. The van der Waals surface area contributed by atoms with E-state index in [0.717, 1.165) is 5.56 Å². The van der Waals surface area contributed by atoms with Gasteiger partial charge in [-0.15, -0.1) is 0 Å². The van der Waals surface area contributed by atoms with Gasteiger partial charge >= 0.3 is 12.1 Å². The molecule has 0 aliphatic carbocycles. The number of hydrogen-bond donors (Lipinski definition) is 1. The number of hydrogen-bond acceptors (Lipinski definition) is 3. The van der Waals surface area contributed by atoms with Crippen molar-refractivity contribution < 1.29 is 19.4 Å². The zero-order valence-electron chi connectivity index (χ0n) is 11.0. The van der Waals surface area contributed by atoms with Gasteiger partial charge in [0.25, 0.3) is 0 Å². The van der Waals surface area contributed by atoms with Gasteiger partial charge in [0.1, 0.15) is 6.04 Å². The number of carboxylic acid groups (broad SMARTS) is 1. The summed E-state index contributed by atoms with van der Waals surface area (Å²) in [5.41, 5.74) is 1.56. The molecule has 1 saturated heterocycles.